The summed E-state index contributed by atoms with van der Waals surface area (Å²) in [4.78, 5) is 32.1. The zero-order valence-electron chi connectivity index (χ0n) is 15.7. The van der Waals surface area contributed by atoms with E-state index >= 15 is 0 Å². The fraction of sp³-hybridized carbons (Fsp3) is 0.286. The smallest absolute Gasteiger partial charge is 0.290 e. The summed E-state index contributed by atoms with van der Waals surface area (Å²) >= 11 is 0. The van der Waals surface area contributed by atoms with Crippen molar-refractivity contribution in [2.24, 2.45) is 0 Å². The molecular weight excluding hydrogens is 356 g/mol. The highest BCUT2D eigenvalue weighted by molar-refractivity contribution is 6.09. The van der Waals surface area contributed by atoms with Gasteiger partial charge in [0.25, 0.3) is 11.8 Å². The Morgan fingerprint density at radius 2 is 1.79 bits per heavy atom. The van der Waals surface area contributed by atoms with Crippen LogP contribution in [-0.2, 0) is 0 Å². The molecule has 1 saturated heterocycles. The van der Waals surface area contributed by atoms with Crippen molar-refractivity contribution in [1.29, 1.82) is 0 Å². The lowest BCUT2D eigenvalue weighted by Crippen LogP contribution is -2.36. The van der Waals surface area contributed by atoms with Gasteiger partial charge in [0, 0.05) is 25.0 Å². The molecule has 2 aromatic heterocycles. The average Bonchev–Trinajstić information content (AvgIpc) is 3.14. The Morgan fingerprint density at radius 3 is 2.50 bits per heavy atom. The molecule has 2 amide bonds. The summed E-state index contributed by atoms with van der Waals surface area (Å²) in [5.41, 5.74) is 1.47. The van der Waals surface area contributed by atoms with Crippen LogP contribution in [-0.4, -0.2) is 46.3 Å². The van der Waals surface area contributed by atoms with E-state index in [0.717, 1.165) is 32.4 Å². The van der Waals surface area contributed by atoms with Crippen LogP contribution in [0.1, 0.15) is 40.4 Å². The number of likely N-dealkylation sites (tertiary alicyclic amines) is 1. The van der Waals surface area contributed by atoms with Gasteiger partial charge in [-0.25, -0.2) is 4.98 Å². The van der Waals surface area contributed by atoms with Gasteiger partial charge in [-0.05, 0) is 55.7 Å². The fourth-order valence-corrected chi connectivity index (χ4v) is 3.46. The third-order valence-electron chi connectivity index (χ3n) is 4.95. The highest BCUT2D eigenvalue weighted by Crippen LogP contribution is 2.20. The molecule has 0 spiro atoms. The molecule has 4 rings (SSSR count). The Hall–Kier alpha value is -3.35. The first-order valence-electron chi connectivity index (χ1n) is 9.39. The maximum Gasteiger partial charge on any atom is 0.290 e. The SMILES string of the molecule is COc1ccc(NC(=O)c2nc(C(=O)N3CCCCC3)n3ccccc23)cc1. The minimum Gasteiger partial charge on any atom is -0.497 e. The van der Waals surface area contributed by atoms with Crippen LogP contribution in [0.4, 0.5) is 5.69 Å². The lowest BCUT2D eigenvalue weighted by atomic mass is 10.1. The molecule has 1 aromatic carbocycles. The third-order valence-corrected chi connectivity index (χ3v) is 4.95. The Balaban J connectivity index is 1.65. The van der Waals surface area contributed by atoms with Gasteiger partial charge in [-0.15, -0.1) is 0 Å². The van der Waals surface area contributed by atoms with Gasteiger partial charge in [0.15, 0.2) is 5.69 Å². The standard InChI is InChI=1S/C21H22N4O3/c1-28-16-10-8-15(9-11-16)22-20(26)18-17-7-3-6-14-25(17)19(23-18)21(27)24-12-4-2-5-13-24/h3,6-11,14H,2,4-5,12-13H2,1H3,(H,22,26). The minimum atomic E-state index is -0.355. The van der Waals surface area contributed by atoms with Gasteiger partial charge >= 0.3 is 0 Å². The van der Waals surface area contributed by atoms with Gasteiger partial charge < -0.3 is 15.0 Å². The number of amides is 2. The van der Waals surface area contributed by atoms with Crippen molar-refractivity contribution in [1.82, 2.24) is 14.3 Å². The Kier molecular flexibility index (Phi) is 4.97. The normalized spacial score (nSPS) is 14.1. The van der Waals surface area contributed by atoms with Crippen LogP contribution in [0.2, 0.25) is 0 Å². The number of fused-ring (bicyclic) bond motifs is 1. The van der Waals surface area contributed by atoms with E-state index in [1.165, 1.54) is 0 Å². The summed E-state index contributed by atoms with van der Waals surface area (Å²) in [6.07, 6.45) is 4.91. The van der Waals surface area contributed by atoms with Crippen LogP contribution in [0.5, 0.6) is 5.75 Å². The van der Waals surface area contributed by atoms with E-state index < -0.39 is 0 Å². The number of hydrogen-bond donors (Lipinski definition) is 1. The number of nitrogens with zero attached hydrogens (tertiary/aromatic N) is 3. The number of imidazole rings is 1. The van der Waals surface area contributed by atoms with E-state index in [1.807, 2.05) is 17.0 Å². The molecule has 0 radical (unpaired) electrons. The number of anilines is 1. The van der Waals surface area contributed by atoms with Gasteiger partial charge in [0.1, 0.15) is 5.75 Å². The van der Waals surface area contributed by atoms with Crippen molar-refractivity contribution >= 4 is 23.0 Å². The summed E-state index contributed by atoms with van der Waals surface area (Å²) < 4.78 is 6.83. The average molecular weight is 378 g/mol. The number of rotatable bonds is 4. The number of benzene rings is 1. The molecule has 1 fully saturated rings. The van der Waals surface area contributed by atoms with E-state index in [4.69, 9.17) is 4.74 Å². The molecule has 28 heavy (non-hydrogen) atoms. The van der Waals surface area contributed by atoms with Gasteiger partial charge in [-0.3, -0.25) is 14.0 Å². The maximum absolute atomic E-state index is 13.0. The first-order chi connectivity index (χ1) is 13.7. The molecule has 0 atom stereocenters. The number of aromatic nitrogens is 2. The summed E-state index contributed by atoms with van der Waals surface area (Å²) in [5.74, 6) is 0.494. The Bertz CT molecular complexity index is 1000. The highest BCUT2D eigenvalue weighted by Gasteiger charge is 2.26. The van der Waals surface area contributed by atoms with Crippen LogP contribution in [0.3, 0.4) is 0 Å². The first-order valence-corrected chi connectivity index (χ1v) is 9.39. The molecule has 0 aliphatic carbocycles. The minimum absolute atomic E-state index is 0.135. The van der Waals surface area contributed by atoms with Crippen molar-refractivity contribution in [3.05, 3.63) is 60.2 Å². The second kappa shape index (κ2) is 7.72. The number of pyridine rings is 1. The maximum atomic E-state index is 13.0. The van der Waals surface area contributed by atoms with Crippen LogP contribution in [0.25, 0.3) is 5.52 Å². The van der Waals surface area contributed by atoms with E-state index in [-0.39, 0.29) is 23.3 Å². The second-order valence-electron chi connectivity index (χ2n) is 6.78. The zero-order valence-corrected chi connectivity index (χ0v) is 15.7. The first kappa shape index (κ1) is 18.0. The number of nitrogens with one attached hydrogen (secondary N) is 1. The van der Waals surface area contributed by atoms with Crippen molar-refractivity contribution < 1.29 is 14.3 Å². The Labute approximate surface area is 162 Å². The van der Waals surface area contributed by atoms with Crippen molar-refractivity contribution in [2.75, 3.05) is 25.5 Å². The molecule has 1 aliphatic heterocycles. The van der Waals surface area contributed by atoms with Gasteiger partial charge in [-0.2, -0.15) is 0 Å². The molecule has 144 valence electrons. The molecular formula is C21H22N4O3. The topological polar surface area (TPSA) is 75.9 Å². The van der Waals surface area contributed by atoms with Crippen molar-refractivity contribution in [2.45, 2.75) is 19.3 Å². The number of piperidine rings is 1. The largest absolute Gasteiger partial charge is 0.497 e. The number of carbonyl (C=O) groups excluding carboxylic acids is 2. The Morgan fingerprint density at radius 1 is 1.04 bits per heavy atom. The van der Waals surface area contributed by atoms with Crippen LogP contribution >= 0.6 is 0 Å². The second-order valence-corrected chi connectivity index (χ2v) is 6.78. The molecule has 7 nitrogen and oxygen atoms in total. The van der Waals surface area contributed by atoms with Crippen molar-refractivity contribution in [3.63, 3.8) is 0 Å². The van der Waals surface area contributed by atoms with Gasteiger partial charge in [0.2, 0.25) is 5.82 Å². The molecule has 1 N–H and O–H groups in total. The zero-order chi connectivity index (χ0) is 19.5. The number of hydrogen-bond acceptors (Lipinski definition) is 4. The van der Waals surface area contributed by atoms with E-state index in [1.54, 1.807) is 48.0 Å². The predicted octanol–water partition coefficient (Wildman–Crippen LogP) is 3.22. The molecule has 1 aliphatic rings. The lowest BCUT2D eigenvalue weighted by Gasteiger charge is -2.25. The molecule has 3 aromatic rings. The summed E-state index contributed by atoms with van der Waals surface area (Å²) in [5, 5.41) is 2.84. The molecule has 7 heteroatoms. The van der Waals surface area contributed by atoms with Crippen LogP contribution in [0, 0.1) is 0 Å². The highest BCUT2D eigenvalue weighted by atomic mass is 16.5. The van der Waals surface area contributed by atoms with Crippen LogP contribution < -0.4 is 10.1 Å². The lowest BCUT2D eigenvalue weighted by molar-refractivity contribution is 0.0711. The summed E-state index contributed by atoms with van der Waals surface area (Å²) in [6, 6.07) is 12.5. The fourth-order valence-electron chi connectivity index (χ4n) is 3.46. The molecule has 0 unspecified atom stereocenters. The van der Waals surface area contributed by atoms with E-state index in [0.29, 0.717) is 17.0 Å². The molecule has 0 saturated carbocycles. The molecule has 0 bridgehead atoms. The predicted molar refractivity (Wildman–Crippen MR) is 106 cm³/mol. The summed E-state index contributed by atoms with van der Waals surface area (Å²) in [6.45, 7) is 1.46. The monoisotopic (exact) mass is 378 g/mol. The van der Waals surface area contributed by atoms with Crippen molar-refractivity contribution in [3.8, 4) is 5.75 Å². The number of methoxy groups -OCH3 is 1. The van der Waals surface area contributed by atoms with Crippen LogP contribution in [0.15, 0.2) is 48.7 Å². The third kappa shape index (κ3) is 3.43. The quantitative estimate of drug-likeness (QED) is 0.756. The number of carbonyl (C=O) groups is 2. The molecule has 3 heterocycles. The summed E-state index contributed by atoms with van der Waals surface area (Å²) in [7, 11) is 1.59. The van der Waals surface area contributed by atoms with E-state index in [2.05, 4.69) is 10.3 Å². The number of ether oxygens (including phenoxy) is 1. The van der Waals surface area contributed by atoms with Gasteiger partial charge in [0.05, 0.1) is 12.6 Å². The van der Waals surface area contributed by atoms with Gasteiger partial charge in [-0.1, -0.05) is 6.07 Å². The van der Waals surface area contributed by atoms with E-state index in [9.17, 15) is 9.59 Å².